The Morgan fingerprint density at radius 1 is 0.879 bits per heavy atom. The second kappa shape index (κ2) is 8.56. The minimum absolute atomic E-state index is 0.310. The molecule has 0 radical (unpaired) electrons. The van der Waals surface area contributed by atoms with E-state index >= 15 is 0 Å². The van der Waals surface area contributed by atoms with Crippen LogP contribution in [0.15, 0.2) is 54.6 Å². The fourth-order valence-corrected chi connectivity index (χ4v) is 7.46. The van der Waals surface area contributed by atoms with Gasteiger partial charge in [0.2, 0.25) is 0 Å². The molecule has 1 aromatic heterocycles. The van der Waals surface area contributed by atoms with E-state index in [2.05, 4.69) is 71.0 Å². The zero-order chi connectivity index (χ0) is 22.4. The Kier molecular flexibility index (Phi) is 5.54. The zero-order valence-corrected chi connectivity index (χ0v) is 20.0. The summed E-state index contributed by atoms with van der Waals surface area (Å²) in [5.74, 6) is 1.18. The van der Waals surface area contributed by atoms with Crippen molar-refractivity contribution in [3.8, 4) is 0 Å². The van der Waals surface area contributed by atoms with E-state index < -0.39 is 0 Å². The number of fused-ring (bicyclic) bond motifs is 3. The van der Waals surface area contributed by atoms with Crippen molar-refractivity contribution in [1.82, 2.24) is 14.5 Å². The highest BCUT2D eigenvalue weighted by Crippen LogP contribution is 2.46. The maximum atomic E-state index is 6.32. The second-order valence-corrected chi connectivity index (χ2v) is 11.0. The van der Waals surface area contributed by atoms with Gasteiger partial charge in [0.1, 0.15) is 5.82 Å². The Morgan fingerprint density at radius 3 is 2.27 bits per heavy atom. The van der Waals surface area contributed by atoms with Gasteiger partial charge in [0.15, 0.2) is 0 Å². The molecule has 2 saturated heterocycles. The number of imidazole rings is 1. The molecule has 2 aliphatic heterocycles. The first-order chi connectivity index (χ1) is 16.1. The van der Waals surface area contributed by atoms with Gasteiger partial charge < -0.3 is 10.3 Å². The Bertz CT molecular complexity index is 1080. The van der Waals surface area contributed by atoms with Gasteiger partial charge in [-0.1, -0.05) is 42.5 Å². The van der Waals surface area contributed by atoms with Crippen molar-refractivity contribution in [2.24, 2.45) is 5.73 Å². The van der Waals surface area contributed by atoms with Gasteiger partial charge >= 0.3 is 0 Å². The first kappa shape index (κ1) is 21.4. The van der Waals surface area contributed by atoms with E-state index in [1.807, 2.05) is 0 Å². The first-order valence-electron chi connectivity index (χ1n) is 13.1. The van der Waals surface area contributed by atoms with Crippen molar-refractivity contribution >= 4 is 11.0 Å². The molecule has 3 aliphatic rings. The average molecular weight is 443 g/mol. The quantitative estimate of drug-likeness (QED) is 0.548. The van der Waals surface area contributed by atoms with Gasteiger partial charge in [-0.3, -0.25) is 4.90 Å². The van der Waals surface area contributed by atoms with Gasteiger partial charge in [0.05, 0.1) is 11.0 Å². The molecule has 2 atom stereocenters. The standard InChI is InChI=1S/C29H38N4/c1-21-31-27-9-5-6-10-28(27)33(21)26-19-24-11-12-25(20-26)32(24)18-17-29(15-13-23(30)14-16-29)22-7-3-2-4-8-22/h2-10,23-26H,11-20,30H2,1H3/t23?,24-,25-,29?/m1/s1. The summed E-state index contributed by atoms with van der Waals surface area (Å²) >= 11 is 0. The Balaban J connectivity index is 1.20. The van der Waals surface area contributed by atoms with Crippen LogP contribution in [0.5, 0.6) is 0 Å². The summed E-state index contributed by atoms with van der Waals surface area (Å²) < 4.78 is 2.55. The lowest BCUT2D eigenvalue weighted by molar-refractivity contribution is 0.0910. The maximum absolute atomic E-state index is 6.32. The lowest BCUT2D eigenvalue weighted by Crippen LogP contribution is -2.46. The third kappa shape index (κ3) is 3.81. The molecular weight excluding hydrogens is 404 g/mol. The number of hydrogen-bond donors (Lipinski definition) is 1. The van der Waals surface area contributed by atoms with Crippen molar-refractivity contribution in [2.45, 2.75) is 94.3 Å². The average Bonchev–Trinajstić information content (AvgIpc) is 3.30. The first-order valence-corrected chi connectivity index (χ1v) is 13.1. The highest BCUT2D eigenvalue weighted by atomic mass is 15.2. The Hall–Kier alpha value is -2.17. The molecule has 2 aromatic carbocycles. The van der Waals surface area contributed by atoms with Crippen LogP contribution in [0, 0.1) is 6.92 Å². The molecular formula is C29H38N4. The van der Waals surface area contributed by atoms with Crippen molar-refractivity contribution in [1.29, 1.82) is 0 Å². The molecule has 1 saturated carbocycles. The fraction of sp³-hybridized carbons (Fsp3) is 0.552. The number of benzene rings is 2. The maximum Gasteiger partial charge on any atom is 0.106 e. The molecule has 3 heterocycles. The van der Waals surface area contributed by atoms with Gasteiger partial charge in [-0.2, -0.15) is 0 Å². The summed E-state index contributed by atoms with van der Waals surface area (Å²) in [7, 11) is 0. The van der Waals surface area contributed by atoms with Crippen LogP contribution < -0.4 is 5.73 Å². The van der Waals surface area contributed by atoms with Gasteiger partial charge in [0, 0.05) is 24.2 Å². The summed E-state index contributed by atoms with van der Waals surface area (Å²) in [6.07, 6.45) is 11.3. The van der Waals surface area contributed by atoms with Crippen molar-refractivity contribution in [3.05, 3.63) is 66.0 Å². The lowest BCUT2D eigenvalue weighted by Gasteiger charge is -2.44. The molecule has 6 rings (SSSR count). The molecule has 1 aliphatic carbocycles. The monoisotopic (exact) mass is 442 g/mol. The Morgan fingerprint density at radius 2 is 1.55 bits per heavy atom. The van der Waals surface area contributed by atoms with E-state index in [-0.39, 0.29) is 0 Å². The normalized spacial score (nSPS) is 32.4. The SMILES string of the molecule is Cc1nc2ccccc2n1C1C[C@H]2CC[C@H](C1)N2CCC1(c2ccccc2)CCC(N)CC1. The predicted octanol–water partition coefficient (Wildman–Crippen LogP) is 5.74. The number of nitrogens with zero attached hydrogens (tertiary/aromatic N) is 3. The fourth-order valence-electron chi connectivity index (χ4n) is 7.46. The number of nitrogens with two attached hydrogens (primary N) is 1. The molecule has 174 valence electrons. The second-order valence-electron chi connectivity index (χ2n) is 11.0. The van der Waals surface area contributed by atoms with E-state index in [1.54, 1.807) is 5.56 Å². The van der Waals surface area contributed by atoms with Crippen LogP contribution in [-0.4, -0.2) is 39.1 Å². The number of hydrogen-bond acceptors (Lipinski definition) is 3. The van der Waals surface area contributed by atoms with E-state index in [9.17, 15) is 0 Å². The van der Waals surface area contributed by atoms with E-state index in [4.69, 9.17) is 10.7 Å². The number of piperidine rings is 1. The molecule has 2 N–H and O–H groups in total. The van der Waals surface area contributed by atoms with Crippen LogP contribution in [0.4, 0.5) is 0 Å². The van der Waals surface area contributed by atoms with Crippen LogP contribution in [0.2, 0.25) is 0 Å². The zero-order valence-electron chi connectivity index (χ0n) is 20.0. The van der Waals surface area contributed by atoms with E-state index in [0.29, 0.717) is 29.6 Å². The molecule has 2 bridgehead atoms. The Labute approximate surface area is 198 Å². The molecule has 3 aromatic rings. The van der Waals surface area contributed by atoms with Gasteiger partial charge in [-0.15, -0.1) is 0 Å². The molecule has 4 heteroatoms. The minimum atomic E-state index is 0.310. The number of aromatic nitrogens is 2. The predicted molar refractivity (Wildman–Crippen MR) is 135 cm³/mol. The highest BCUT2D eigenvalue weighted by Gasteiger charge is 2.43. The van der Waals surface area contributed by atoms with Crippen LogP contribution >= 0.6 is 0 Å². The van der Waals surface area contributed by atoms with Crippen molar-refractivity contribution in [2.75, 3.05) is 6.54 Å². The van der Waals surface area contributed by atoms with Crippen LogP contribution in [0.3, 0.4) is 0 Å². The van der Waals surface area contributed by atoms with Gasteiger partial charge in [-0.25, -0.2) is 4.98 Å². The number of para-hydroxylation sites is 2. The molecule has 33 heavy (non-hydrogen) atoms. The van der Waals surface area contributed by atoms with Gasteiger partial charge in [0.25, 0.3) is 0 Å². The highest BCUT2D eigenvalue weighted by molar-refractivity contribution is 5.76. The third-order valence-electron chi connectivity index (χ3n) is 9.22. The van der Waals surface area contributed by atoms with Crippen LogP contribution in [0.1, 0.15) is 75.2 Å². The summed E-state index contributed by atoms with van der Waals surface area (Å²) in [5, 5.41) is 0. The molecule has 0 unspecified atom stereocenters. The van der Waals surface area contributed by atoms with Crippen LogP contribution in [0.25, 0.3) is 11.0 Å². The molecule has 4 nitrogen and oxygen atoms in total. The van der Waals surface area contributed by atoms with Crippen molar-refractivity contribution in [3.63, 3.8) is 0 Å². The van der Waals surface area contributed by atoms with Crippen molar-refractivity contribution < 1.29 is 0 Å². The third-order valence-corrected chi connectivity index (χ3v) is 9.22. The van der Waals surface area contributed by atoms with Crippen LogP contribution in [-0.2, 0) is 5.41 Å². The molecule has 0 spiro atoms. The largest absolute Gasteiger partial charge is 0.328 e. The molecule has 0 amide bonds. The summed E-state index contributed by atoms with van der Waals surface area (Å²) in [6.45, 7) is 3.42. The van der Waals surface area contributed by atoms with Gasteiger partial charge in [-0.05, 0) is 94.4 Å². The van der Waals surface area contributed by atoms with E-state index in [1.165, 1.54) is 62.8 Å². The summed E-state index contributed by atoms with van der Waals surface area (Å²) in [6, 6.07) is 22.4. The summed E-state index contributed by atoms with van der Waals surface area (Å²) in [5.41, 5.74) is 10.6. The minimum Gasteiger partial charge on any atom is -0.328 e. The number of rotatable bonds is 5. The summed E-state index contributed by atoms with van der Waals surface area (Å²) in [4.78, 5) is 7.76. The smallest absolute Gasteiger partial charge is 0.106 e. The molecule has 3 fully saturated rings. The lowest BCUT2D eigenvalue weighted by atomic mass is 9.66. The number of aryl methyl sites for hydroxylation is 1. The topological polar surface area (TPSA) is 47.1 Å². The van der Waals surface area contributed by atoms with E-state index in [0.717, 1.165) is 18.4 Å².